The maximum Gasteiger partial charge on any atom is 0.0465 e. The van der Waals surface area contributed by atoms with Crippen molar-refractivity contribution < 1.29 is 0 Å². The summed E-state index contributed by atoms with van der Waals surface area (Å²) in [5, 5.41) is 1.31. The molecule has 3 aromatic rings. The summed E-state index contributed by atoms with van der Waals surface area (Å²) in [6.45, 7) is 13.5. The molecule has 0 spiro atoms. The van der Waals surface area contributed by atoms with Gasteiger partial charge in [-0.25, -0.2) is 0 Å². The van der Waals surface area contributed by atoms with E-state index in [2.05, 4.69) is 69.6 Å². The number of aromatic nitrogens is 1. The van der Waals surface area contributed by atoms with Crippen molar-refractivity contribution in [3.63, 3.8) is 0 Å². The minimum absolute atomic E-state index is 0.377. The van der Waals surface area contributed by atoms with Gasteiger partial charge in [-0.05, 0) is 59.2 Å². The van der Waals surface area contributed by atoms with Gasteiger partial charge >= 0.3 is 0 Å². The molecule has 4 rings (SSSR count). The number of fused-ring (bicyclic) bond motifs is 4. The maximum absolute atomic E-state index is 4.48. The molecule has 1 heterocycles. The molecule has 0 radical (unpaired) electrons. The van der Waals surface area contributed by atoms with Crippen molar-refractivity contribution in [3.8, 4) is 0 Å². The van der Waals surface area contributed by atoms with E-state index in [0.717, 1.165) is 12.8 Å². The van der Waals surface area contributed by atoms with E-state index >= 15 is 0 Å². The van der Waals surface area contributed by atoms with Crippen molar-refractivity contribution >= 4 is 16.5 Å². The molecule has 0 bridgehead atoms. The fourth-order valence-corrected chi connectivity index (χ4v) is 4.20. The molecule has 122 valence electrons. The van der Waals surface area contributed by atoms with Crippen LogP contribution in [0.2, 0.25) is 0 Å². The molecule has 1 aromatic heterocycles. The Hall–Kier alpha value is -2.28. The van der Waals surface area contributed by atoms with Crippen LogP contribution in [0.3, 0.4) is 0 Å². The molecule has 24 heavy (non-hydrogen) atoms. The third-order valence-corrected chi connectivity index (χ3v) is 5.72. The van der Waals surface area contributed by atoms with Gasteiger partial charge in [-0.2, -0.15) is 0 Å². The standard InChI is InChI=1S/C23H25N/c1-6-16-8-9-18-21(11-16)24-23-15(5)19-10-13(3)17(7-2)12-20(19)14(4)22(18)23/h8-12,15,24H,4,6-7H2,1-3,5H3. The number of rotatable bonds is 2. The zero-order chi connectivity index (χ0) is 17.0. The van der Waals surface area contributed by atoms with Gasteiger partial charge in [0.25, 0.3) is 0 Å². The fourth-order valence-electron chi connectivity index (χ4n) is 4.20. The molecule has 0 saturated heterocycles. The van der Waals surface area contributed by atoms with E-state index in [1.54, 1.807) is 0 Å². The van der Waals surface area contributed by atoms with Crippen LogP contribution in [0.25, 0.3) is 16.5 Å². The first kappa shape index (κ1) is 15.3. The van der Waals surface area contributed by atoms with Crippen LogP contribution >= 0.6 is 0 Å². The third kappa shape index (κ3) is 2.00. The molecule has 0 amide bonds. The zero-order valence-corrected chi connectivity index (χ0v) is 15.1. The second-order valence-electron chi connectivity index (χ2n) is 7.07. The molecular formula is C23H25N. The molecular weight excluding hydrogens is 290 g/mol. The minimum Gasteiger partial charge on any atom is -0.357 e. The lowest BCUT2D eigenvalue weighted by Gasteiger charge is -2.26. The van der Waals surface area contributed by atoms with Gasteiger partial charge in [-0.15, -0.1) is 0 Å². The molecule has 0 aliphatic heterocycles. The molecule has 1 heteroatoms. The number of benzene rings is 2. The highest BCUT2D eigenvalue weighted by Crippen LogP contribution is 2.45. The lowest BCUT2D eigenvalue weighted by molar-refractivity contribution is 0.864. The third-order valence-electron chi connectivity index (χ3n) is 5.72. The van der Waals surface area contributed by atoms with Gasteiger partial charge in [0.05, 0.1) is 0 Å². The molecule has 0 saturated carbocycles. The second-order valence-corrected chi connectivity index (χ2v) is 7.07. The number of hydrogen-bond donors (Lipinski definition) is 1. The van der Waals surface area contributed by atoms with Crippen LogP contribution in [0.15, 0.2) is 36.9 Å². The first-order chi connectivity index (χ1) is 11.5. The van der Waals surface area contributed by atoms with Crippen molar-refractivity contribution in [1.29, 1.82) is 0 Å². The van der Waals surface area contributed by atoms with E-state index in [1.165, 1.54) is 55.6 Å². The van der Waals surface area contributed by atoms with Crippen LogP contribution in [0, 0.1) is 6.92 Å². The predicted octanol–water partition coefficient (Wildman–Crippen LogP) is 6.13. The molecule has 2 aromatic carbocycles. The summed E-state index contributed by atoms with van der Waals surface area (Å²) in [5.74, 6) is 0.377. The molecule has 1 N–H and O–H groups in total. The molecule has 1 nitrogen and oxygen atoms in total. The van der Waals surface area contributed by atoms with Gasteiger partial charge in [-0.3, -0.25) is 0 Å². The van der Waals surface area contributed by atoms with E-state index < -0.39 is 0 Å². The van der Waals surface area contributed by atoms with Crippen molar-refractivity contribution in [3.05, 3.63) is 76.0 Å². The monoisotopic (exact) mass is 315 g/mol. The number of H-pyrrole nitrogens is 1. The molecule has 1 aliphatic carbocycles. The van der Waals surface area contributed by atoms with Crippen molar-refractivity contribution in [2.45, 2.75) is 46.5 Å². The average Bonchev–Trinajstić information content (AvgIpc) is 2.98. The molecule has 1 unspecified atom stereocenters. The van der Waals surface area contributed by atoms with E-state index in [9.17, 15) is 0 Å². The highest BCUT2D eigenvalue weighted by atomic mass is 14.7. The van der Waals surface area contributed by atoms with E-state index in [4.69, 9.17) is 0 Å². The first-order valence-electron chi connectivity index (χ1n) is 9.02. The topological polar surface area (TPSA) is 15.8 Å². The van der Waals surface area contributed by atoms with Gasteiger partial charge in [0.15, 0.2) is 0 Å². The fraction of sp³-hybridized carbons (Fsp3) is 0.304. The summed E-state index contributed by atoms with van der Waals surface area (Å²) < 4.78 is 0. The van der Waals surface area contributed by atoms with Gasteiger partial charge in [-0.1, -0.05) is 51.6 Å². The SMILES string of the molecule is C=C1c2cc(CC)c(C)cc2C(C)c2[nH]c3cc(CC)ccc3c21. The predicted molar refractivity (Wildman–Crippen MR) is 104 cm³/mol. The number of aromatic amines is 1. The Morgan fingerprint density at radius 3 is 2.58 bits per heavy atom. The summed E-state index contributed by atoms with van der Waals surface area (Å²) >= 11 is 0. The Balaban J connectivity index is 1.99. The minimum atomic E-state index is 0.377. The Morgan fingerprint density at radius 2 is 1.88 bits per heavy atom. The van der Waals surface area contributed by atoms with E-state index in [-0.39, 0.29) is 0 Å². The lowest BCUT2D eigenvalue weighted by atomic mass is 9.78. The van der Waals surface area contributed by atoms with Crippen LogP contribution in [0.4, 0.5) is 0 Å². The number of hydrogen-bond acceptors (Lipinski definition) is 0. The van der Waals surface area contributed by atoms with Crippen LogP contribution in [0.1, 0.15) is 65.8 Å². The Kier molecular flexibility index (Phi) is 3.42. The molecule has 1 atom stereocenters. The van der Waals surface area contributed by atoms with E-state index in [1.807, 2.05) is 0 Å². The zero-order valence-electron chi connectivity index (χ0n) is 15.1. The lowest BCUT2D eigenvalue weighted by Crippen LogP contribution is -2.11. The van der Waals surface area contributed by atoms with Crippen molar-refractivity contribution in [1.82, 2.24) is 4.98 Å². The smallest absolute Gasteiger partial charge is 0.0465 e. The van der Waals surface area contributed by atoms with Crippen LogP contribution in [-0.2, 0) is 12.8 Å². The highest BCUT2D eigenvalue weighted by molar-refractivity contribution is 6.00. The summed E-state index contributed by atoms with van der Waals surface area (Å²) in [7, 11) is 0. The van der Waals surface area contributed by atoms with Gasteiger partial charge < -0.3 is 4.98 Å². The van der Waals surface area contributed by atoms with E-state index in [0.29, 0.717) is 5.92 Å². The quantitative estimate of drug-likeness (QED) is 0.585. The second kappa shape index (κ2) is 5.37. The Bertz CT molecular complexity index is 971. The molecule has 0 fully saturated rings. The Labute approximate surface area is 144 Å². The summed E-state index contributed by atoms with van der Waals surface area (Å²) in [6, 6.07) is 11.5. The van der Waals surface area contributed by atoms with Crippen molar-refractivity contribution in [2.75, 3.05) is 0 Å². The first-order valence-corrected chi connectivity index (χ1v) is 9.02. The normalized spacial score (nSPS) is 16.3. The van der Waals surface area contributed by atoms with Crippen molar-refractivity contribution in [2.24, 2.45) is 0 Å². The summed E-state index contributed by atoms with van der Waals surface area (Å²) in [5.41, 5.74) is 12.0. The molecule has 1 aliphatic rings. The average molecular weight is 315 g/mol. The Morgan fingerprint density at radius 1 is 1.08 bits per heavy atom. The van der Waals surface area contributed by atoms with Gasteiger partial charge in [0.2, 0.25) is 0 Å². The summed E-state index contributed by atoms with van der Waals surface area (Å²) in [6.07, 6.45) is 2.14. The summed E-state index contributed by atoms with van der Waals surface area (Å²) in [4.78, 5) is 3.70. The van der Waals surface area contributed by atoms with Gasteiger partial charge in [0, 0.05) is 28.1 Å². The van der Waals surface area contributed by atoms with Crippen LogP contribution in [-0.4, -0.2) is 4.98 Å². The largest absolute Gasteiger partial charge is 0.357 e. The van der Waals surface area contributed by atoms with Crippen LogP contribution < -0.4 is 0 Å². The van der Waals surface area contributed by atoms with Gasteiger partial charge in [0.1, 0.15) is 0 Å². The number of nitrogens with one attached hydrogen (secondary N) is 1. The van der Waals surface area contributed by atoms with Crippen LogP contribution in [0.5, 0.6) is 0 Å². The highest BCUT2D eigenvalue weighted by Gasteiger charge is 2.29. The number of aryl methyl sites for hydroxylation is 3. The maximum atomic E-state index is 4.48.